The zero-order chi connectivity index (χ0) is 12.1. The molecule has 0 aliphatic carbocycles. The predicted molar refractivity (Wildman–Crippen MR) is 72.6 cm³/mol. The van der Waals surface area contributed by atoms with E-state index in [1.807, 2.05) is 49.4 Å². The smallest absolute Gasteiger partial charge is 0.126 e. The van der Waals surface area contributed by atoms with Crippen molar-refractivity contribution in [1.82, 2.24) is 4.98 Å². The average Bonchev–Trinajstić information content (AvgIpc) is 2.32. The third-order valence-electron chi connectivity index (χ3n) is 2.55. The molecule has 0 bridgehead atoms. The molecule has 0 spiro atoms. The van der Waals surface area contributed by atoms with E-state index in [1.54, 1.807) is 0 Å². The van der Waals surface area contributed by atoms with Crippen molar-refractivity contribution < 1.29 is 0 Å². The highest BCUT2D eigenvalue weighted by Gasteiger charge is 1.99. The Kier molecular flexibility index (Phi) is 3.99. The SMILES string of the molecule is Cc1cccc(NCCc2ccccc2Cl)n1. The van der Waals surface area contributed by atoms with E-state index < -0.39 is 0 Å². The maximum Gasteiger partial charge on any atom is 0.126 e. The Bertz CT molecular complexity index is 497. The van der Waals surface area contributed by atoms with Crippen LogP contribution in [0.15, 0.2) is 42.5 Å². The standard InChI is InChI=1S/C14H15ClN2/c1-11-5-4-8-14(17-11)16-10-9-12-6-2-3-7-13(12)15/h2-8H,9-10H2,1H3,(H,16,17). The highest BCUT2D eigenvalue weighted by Crippen LogP contribution is 2.15. The Morgan fingerprint density at radius 3 is 2.71 bits per heavy atom. The summed E-state index contributed by atoms with van der Waals surface area (Å²) in [5, 5.41) is 4.12. The number of hydrogen-bond donors (Lipinski definition) is 1. The van der Waals surface area contributed by atoms with Crippen LogP contribution in [0, 0.1) is 6.92 Å². The van der Waals surface area contributed by atoms with Crippen molar-refractivity contribution in [1.29, 1.82) is 0 Å². The summed E-state index contributed by atoms with van der Waals surface area (Å²) in [6.45, 7) is 2.82. The molecule has 2 rings (SSSR count). The molecule has 0 radical (unpaired) electrons. The van der Waals surface area contributed by atoms with Crippen LogP contribution >= 0.6 is 11.6 Å². The maximum absolute atomic E-state index is 6.09. The van der Waals surface area contributed by atoms with Crippen molar-refractivity contribution in [2.45, 2.75) is 13.3 Å². The van der Waals surface area contributed by atoms with Crippen LogP contribution < -0.4 is 5.32 Å². The van der Waals surface area contributed by atoms with Crippen LogP contribution in [0.2, 0.25) is 5.02 Å². The lowest BCUT2D eigenvalue weighted by Gasteiger charge is -2.07. The number of nitrogens with zero attached hydrogens (tertiary/aromatic N) is 1. The van der Waals surface area contributed by atoms with E-state index in [9.17, 15) is 0 Å². The van der Waals surface area contributed by atoms with Crippen LogP contribution in [0.25, 0.3) is 0 Å². The maximum atomic E-state index is 6.09. The minimum absolute atomic E-state index is 0.825. The van der Waals surface area contributed by atoms with Gasteiger partial charge in [0, 0.05) is 17.3 Å². The highest BCUT2D eigenvalue weighted by molar-refractivity contribution is 6.31. The molecule has 17 heavy (non-hydrogen) atoms. The van der Waals surface area contributed by atoms with Gasteiger partial charge in [0.15, 0.2) is 0 Å². The van der Waals surface area contributed by atoms with Crippen LogP contribution in [0.4, 0.5) is 5.82 Å². The van der Waals surface area contributed by atoms with Gasteiger partial charge >= 0.3 is 0 Å². The molecule has 3 heteroatoms. The summed E-state index contributed by atoms with van der Waals surface area (Å²) in [6, 6.07) is 13.9. The minimum Gasteiger partial charge on any atom is -0.370 e. The van der Waals surface area contributed by atoms with Gasteiger partial charge in [0.1, 0.15) is 5.82 Å². The molecule has 0 atom stereocenters. The molecule has 0 unspecified atom stereocenters. The van der Waals surface area contributed by atoms with Gasteiger partial charge in [0.25, 0.3) is 0 Å². The summed E-state index contributed by atoms with van der Waals surface area (Å²) in [7, 11) is 0. The number of pyridine rings is 1. The largest absolute Gasteiger partial charge is 0.370 e. The van der Waals surface area contributed by atoms with Crippen molar-refractivity contribution in [2.24, 2.45) is 0 Å². The Morgan fingerprint density at radius 1 is 1.12 bits per heavy atom. The van der Waals surface area contributed by atoms with Crippen molar-refractivity contribution >= 4 is 17.4 Å². The fourth-order valence-corrected chi connectivity index (χ4v) is 1.90. The van der Waals surface area contributed by atoms with E-state index in [1.165, 1.54) is 0 Å². The van der Waals surface area contributed by atoms with Gasteiger partial charge < -0.3 is 5.32 Å². The van der Waals surface area contributed by atoms with E-state index in [4.69, 9.17) is 11.6 Å². The van der Waals surface area contributed by atoms with Gasteiger partial charge in [-0.3, -0.25) is 0 Å². The lowest BCUT2D eigenvalue weighted by Crippen LogP contribution is -2.06. The topological polar surface area (TPSA) is 24.9 Å². The number of benzene rings is 1. The van der Waals surface area contributed by atoms with Gasteiger partial charge in [-0.2, -0.15) is 0 Å². The Balaban J connectivity index is 1.90. The van der Waals surface area contributed by atoms with E-state index in [0.29, 0.717) is 0 Å². The van der Waals surface area contributed by atoms with E-state index >= 15 is 0 Å². The predicted octanol–water partition coefficient (Wildman–Crippen LogP) is 3.70. The summed E-state index contributed by atoms with van der Waals surface area (Å²) < 4.78 is 0. The number of rotatable bonds is 4. The number of aryl methyl sites for hydroxylation is 1. The first-order valence-corrected chi connectivity index (χ1v) is 6.04. The Hall–Kier alpha value is -1.54. The molecule has 1 heterocycles. The van der Waals surface area contributed by atoms with Gasteiger partial charge in [-0.25, -0.2) is 4.98 Å². The molecule has 0 aliphatic heterocycles. The quantitative estimate of drug-likeness (QED) is 0.890. The molecular weight excluding hydrogens is 232 g/mol. The van der Waals surface area contributed by atoms with Crippen LogP contribution in [0.3, 0.4) is 0 Å². The van der Waals surface area contributed by atoms with Crippen molar-refractivity contribution in [2.75, 3.05) is 11.9 Å². The molecule has 1 N–H and O–H groups in total. The lowest BCUT2D eigenvalue weighted by molar-refractivity contribution is 1.00. The normalized spacial score (nSPS) is 10.2. The molecule has 0 saturated heterocycles. The molecule has 0 amide bonds. The number of anilines is 1. The average molecular weight is 247 g/mol. The van der Waals surface area contributed by atoms with Gasteiger partial charge in [0.05, 0.1) is 0 Å². The van der Waals surface area contributed by atoms with E-state index in [-0.39, 0.29) is 0 Å². The second kappa shape index (κ2) is 5.69. The molecule has 1 aromatic heterocycles. The molecule has 0 saturated carbocycles. The van der Waals surface area contributed by atoms with Crippen LogP contribution in [-0.2, 0) is 6.42 Å². The molecule has 1 aromatic carbocycles. The number of nitrogens with one attached hydrogen (secondary N) is 1. The fourth-order valence-electron chi connectivity index (χ4n) is 1.67. The number of hydrogen-bond acceptors (Lipinski definition) is 2. The van der Waals surface area contributed by atoms with E-state index in [2.05, 4.69) is 10.3 Å². The van der Waals surface area contributed by atoms with Gasteiger partial charge in [-0.05, 0) is 37.1 Å². The third-order valence-corrected chi connectivity index (χ3v) is 2.92. The van der Waals surface area contributed by atoms with Gasteiger partial charge in [-0.1, -0.05) is 35.9 Å². The molecule has 0 aliphatic rings. The first-order valence-electron chi connectivity index (χ1n) is 5.66. The first kappa shape index (κ1) is 11.9. The van der Waals surface area contributed by atoms with Crippen molar-refractivity contribution in [3.8, 4) is 0 Å². The summed E-state index contributed by atoms with van der Waals surface area (Å²) in [6.07, 6.45) is 0.898. The summed E-state index contributed by atoms with van der Waals surface area (Å²) in [5.41, 5.74) is 2.18. The fraction of sp³-hybridized carbons (Fsp3) is 0.214. The first-order chi connectivity index (χ1) is 8.25. The van der Waals surface area contributed by atoms with Crippen molar-refractivity contribution in [3.63, 3.8) is 0 Å². The number of halogens is 1. The molecule has 2 nitrogen and oxygen atoms in total. The van der Waals surface area contributed by atoms with Crippen LogP contribution in [-0.4, -0.2) is 11.5 Å². The van der Waals surface area contributed by atoms with Gasteiger partial charge in [0.2, 0.25) is 0 Å². The van der Waals surface area contributed by atoms with Crippen LogP contribution in [0.5, 0.6) is 0 Å². The molecular formula is C14H15ClN2. The van der Waals surface area contributed by atoms with Crippen molar-refractivity contribution in [3.05, 3.63) is 58.7 Å². The summed E-state index contributed by atoms with van der Waals surface area (Å²) in [4.78, 5) is 4.38. The third kappa shape index (κ3) is 3.46. The summed E-state index contributed by atoms with van der Waals surface area (Å²) >= 11 is 6.09. The zero-order valence-electron chi connectivity index (χ0n) is 9.78. The second-order valence-electron chi connectivity index (χ2n) is 3.93. The zero-order valence-corrected chi connectivity index (χ0v) is 10.5. The molecule has 0 fully saturated rings. The second-order valence-corrected chi connectivity index (χ2v) is 4.34. The number of aromatic nitrogens is 1. The molecule has 88 valence electrons. The van der Waals surface area contributed by atoms with E-state index in [0.717, 1.165) is 35.1 Å². The van der Waals surface area contributed by atoms with Gasteiger partial charge in [-0.15, -0.1) is 0 Å². The summed E-state index contributed by atoms with van der Waals surface area (Å²) in [5.74, 6) is 0.914. The Morgan fingerprint density at radius 2 is 1.94 bits per heavy atom. The minimum atomic E-state index is 0.825. The Labute approximate surface area is 107 Å². The monoisotopic (exact) mass is 246 g/mol. The highest BCUT2D eigenvalue weighted by atomic mass is 35.5. The molecule has 2 aromatic rings. The van der Waals surface area contributed by atoms with Crippen LogP contribution in [0.1, 0.15) is 11.3 Å². The lowest BCUT2D eigenvalue weighted by atomic mass is 10.1.